The van der Waals surface area contributed by atoms with Crippen LogP contribution in [0.3, 0.4) is 0 Å². The number of esters is 2. The van der Waals surface area contributed by atoms with Gasteiger partial charge in [0.1, 0.15) is 11.4 Å². The molecule has 0 aliphatic rings. The van der Waals surface area contributed by atoms with Gasteiger partial charge >= 0.3 is 11.9 Å². The SMILES string of the molecule is CCC[C@H](/C=C/C(=O)OC)OC(=O)[C@H](C)Sc1ccccc1. The molecule has 0 aliphatic heterocycles. The van der Waals surface area contributed by atoms with Gasteiger partial charge in [-0.15, -0.1) is 11.8 Å². The normalized spacial score (nSPS) is 13.6. The van der Waals surface area contributed by atoms with Crippen LogP contribution in [0.1, 0.15) is 26.7 Å². The Morgan fingerprint density at radius 3 is 2.55 bits per heavy atom. The lowest BCUT2D eigenvalue weighted by atomic mass is 10.2. The van der Waals surface area contributed by atoms with Gasteiger partial charge in [0.2, 0.25) is 0 Å². The van der Waals surface area contributed by atoms with Gasteiger partial charge in [0.25, 0.3) is 0 Å². The van der Waals surface area contributed by atoms with Gasteiger partial charge in [-0.2, -0.15) is 0 Å². The summed E-state index contributed by atoms with van der Waals surface area (Å²) >= 11 is 1.45. The van der Waals surface area contributed by atoms with Crippen LogP contribution < -0.4 is 0 Å². The molecule has 0 aromatic heterocycles. The highest BCUT2D eigenvalue weighted by Crippen LogP contribution is 2.24. The average molecular weight is 322 g/mol. The zero-order valence-electron chi connectivity index (χ0n) is 13.2. The molecule has 0 unspecified atom stereocenters. The fraction of sp³-hybridized carbons (Fsp3) is 0.412. The average Bonchev–Trinajstić information content (AvgIpc) is 2.53. The number of methoxy groups -OCH3 is 1. The summed E-state index contributed by atoms with van der Waals surface area (Å²) in [6, 6.07) is 9.70. The third-order valence-electron chi connectivity index (χ3n) is 2.88. The number of hydrogen-bond acceptors (Lipinski definition) is 5. The molecule has 0 bridgehead atoms. The highest BCUT2D eigenvalue weighted by atomic mass is 32.2. The molecule has 1 rings (SSSR count). The summed E-state index contributed by atoms with van der Waals surface area (Å²) < 4.78 is 10.0. The largest absolute Gasteiger partial charge is 0.466 e. The van der Waals surface area contributed by atoms with E-state index in [-0.39, 0.29) is 11.2 Å². The van der Waals surface area contributed by atoms with Crippen molar-refractivity contribution in [3.8, 4) is 0 Å². The predicted molar refractivity (Wildman–Crippen MR) is 87.7 cm³/mol. The number of rotatable bonds is 8. The summed E-state index contributed by atoms with van der Waals surface area (Å²) in [5.74, 6) is -0.745. The van der Waals surface area contributed by atoms with Gasteiger partial charge in [0.05, 0.1) is 7.11 Å². The summed E-state index contributed by atoms with van der Waals surface area (Å²) in [4.78, 5) is 24.3. The van der Waals surface area contributed by atoms with E-state index in [1.807, 2.05) is 44.2 Å². The monoisotopic (exact) mass is 322 g/mol. The van der Waals surface area contributed by atoms with Gasteiger partial charge in [0.15, 0.2) is 0 Å². The third-order valence-corrected chi connectivity index (χ3v) is 3.97. The zero-order valence-corrected chi connectivity index (χ0v) is 14.0. The molecule has 0 heterocycles. The maximum absolute atomic E-state index is 12.2. The summed E-state index contributed by atoms with van der Waals surface area (Å²) in [5, 5.41) is -0.312. The maximum atomic E-state index is 12.2. The molecule has 0 aliphatic carbocycles. The van der Waals surface area contributed by atoms with E-state index in [1.165, 1.54) is 24.9 Å². The van der Waals surface area contributed by atoms with E-state index in [9.17, 15) is 9.59 Å². The van der Waals surface area contributed by atoms with Gasteiger partial charge < -0.3 is 9.47 Å². The van der Waals surface area contributed by atoms with E-state index in [2.05, 4.69) is 4.74 Å². The van der Waals surface area contributed by atoms with E-state index in [4.69, 9.17) is 4.74 Å². The number of carbonyl (C=O) groups is 2. The standard InChI is InChI=1S/C17H22O4S/c1-4-8-14(11-12-16(18)20-3)21-17(19)13(2)22-15-9-6-5-7-10-15/h5-7,9-14H,4,8H2,1-3H3/b12-11+/t13-,14+/m0/s1. The third kappa shape index (κ3) is 6.80. The topological polar surface area (TPSA) is 52.6 Å². The summed E-state index contributed by atoms with van der Waals surface area (Å²) in [7, 11) is 1.31. The van der Waals surface area contributed by atoms with Crippen molar-refractivity contribution < 1.29 is 19.1 Å². The van der Waals surface area contributed by atoms with Crippen molar-refractivity contribution >= 4 is 23.7 Å². The number of benzene rings is 1. The highest BCUT2D eigenvalue weighted by molar-refractivity contribution is 8.00. The lowest BCUT2D eigenvalue weighted by Gasteiger charge is -2.17. The summed E-state index contributed by atoms with van der Waals surface area (Å²) in [6.07, 6.45) is 3.98. The van der Waals surface area contributed by atoms with E-state index in [0.29, 0.717) is 6.42 Å². The Labute approximate surface area is 135 Å². The van der Waals surface area contributed by atoms with Gasteiger partial charge in [-0.3, -0.25) is 4.79 Å². The Morgan fingerprint density at radius 1 is 1.27 bits per heavy atom. The lowest BCUT2D eigenvalue weighted by molar-refractivity contribution is -0.146. The molecule has 1 aromatic rings. The van der Waals surface area contributed by atoms with Crippen molar-refractivity contribution in [3.05, 3.63) is 42.5 Å². The van der Waals surface area contributed by atoms with Crippen LogP contribution >= 0.6 is 11.8 Å². The molecule has 5 heteroatoms. The molecule has 0 saturated carbocycles. The van der Waals surface area contributed by atoms with Gasteiger partial charge in [-0.1, -0.05) is 31.5 Å². The van der Waals surface area contributed by atoms with Crippen LogP contribution in [0.4, 0.5) is 0 Å². The van der Waals surface area contributed by atoms with Gasteiger partial charge in [-0.25, -0.2) is 4.79 Å². The van der Waals surface area contributed by atoms with E-state index in [0.717, 1.165) is 11.3 Å². The van der Waals surface area contributed by atoms with E-state index < -0.39 is 12.1 Å². The van der Waals surface area contributed by atoms with Crippen molar-refractivity contribution in [2.45, 2.75) is 42.9 Å². The quantitative estimate of drug-likeness (QED) is 0.416. The molecule has 4 nitrogen and oxygen atoms in total. The van der Waals surface area contributed by atoms with Crippen LogP contribution in [0.15, 0.2) is 47.4 Å². The molecule has 120 valence electrons. The van der Waals surface area contributed by atoms with Gasteiger partial charge in [0, 0.05) is 11.0 Å². The molecule has 1 aromatic carbocycles. The van der Waals surface area contributed by atoms with Crippen molar-refractivity contribution in [2.75, 3.05) is 7.11 Å². The molecule has 0 fully saturated rings. The smallest absolute Gasteiger partial charge is 0.330 e. The fourth-order valence-electron chi connectivity index (χ4n) is 1.73. The molecule has 0 amide bonds. The fourth-order valence-corrected chi connectivity index (χ4v) is 2.60. The van der Waals surface area contributed by atoms with E-state index in [1.54, 1.807) is 6.08 Å². The number of ether oxygens (including phenoxy) is 2. The Kier molecular flexibility index (Phi) is 8.36. The Hall–Kier alpha value is -1.75. The minimum Gasteiger partial charge on any atom is -0.466 e. The first-order valence-electron chi connectivity index (χ1n) is 7.25. The highest BCUT2D eigenvalue weighted by Gasteiger charge is 2.19. The molecular formula is C17H22O4S. The molecule has 0 N–H and O–H groups in total. The summed E-state index contributed by atoms with van der Waals surface area (Å²) in [6.45, 7) is 3.81. The Balaban J connectivity index is 2.58. The van der Waals surface area contributed by atoms with Crippen LogP contribution in [0.5, 0.6) is 0 Å². The van der Waals surface area contributed by atoms with Crippen LogP contribution in [-0.4, -0.2) is 30.4 Å². The van der Waals surface area contributed by atoms with Crippen LogP contribution in [0.25, 0.3) is 0 Å². The van der Waals surface area contributed by atoms with Crippen LogP contribution in [0.2, 0.25) is 0 Å². The molecular weight excluding hydrogens is 300 g/mol. The molecule has 22 heavy (non-hydrogen) atoms. The Bertz CT molecular complexity index is 499. The number of thioether (sulfide) groups is 1. The second kappa shape index (κ2) is 10.1. The molecule has 0 spiro atoms. The minimum absolute atomic E-state index is 0.290. The first-order valence-corrected chi connectivity index (χ1v) is 8.13. The number of hydrogen-bond donors (Lipinski definition) is 0. The second-order valence-corrected chi connectivity index (χ2v) is 6.13. The predicted octanol–water partition coefficient (Wildman–Crippen LogP) is 3.61. The zero-order chi connectivity index (χ0) is 16.4. The van der Waals surface area contributed by atoms with Gasteiger partial charge in [-0.05, 0) is 31.6 Å². The minimum atomic E-state index is -0.455. The number of carbonyl (C=O) groups excluding carboxylic acids is 2. The second-order valence-electron chi connectivity index (χ2n) is 4.72. The maximum Gasteiger partial charge on any atom is 0.330 e. The van der Waals surface area contributed by atoms with Crippen molar-refractivity contribution in [1.29, 1.82) is 0 Å². The Morgan fingerprint density at radius 2 is 1.95 bits per heavy atom. The van der Waals surface area contributed by atoms with Crippen molar-refractivity contribution in [2.24, 2.45) is 0 Å². The molecule has 2 atom stereocenters. The lowest BCUT2D eigenvalue weighted by Crippen LogP contribution is -2.23. The van der Waals surface area contributed by atoms with Crippen LogP contribution in [-0.2, 0) is 19.1 Å². The van der Waals surface area contributed by atoms with Crippen LogP contribution in [0, 0.1) is 0 Å². The molecule has 0 radical (unpaired) electrons. The van der Waals surface area contributed by atoms with Crippen molar-refractivity contribution in [1.82, 2.24) is 0 Å². The first kappa shape index (κ1) is 18.3. The van der Waals surface area contributed by atoms with Crippen molar-refractivity contribution in [3.63, 3.8) is 0 Å². The molecule has 0 saturated heterocycles. The summed E-state index contributed by atoms with van der Waals surface area (Å²) in [5.41, 5.74) is 0. The van der Waals surface area contributed by atoms with E-state index >= 15 is 0 Å². The first-order chi connectivity index (χ1) is 10.6.